The van der Waals surface area contributed by atoms with Gasteiger partial charge in [0.15, 0.2) is 5.76 Å². The Balaban J connectivity index is 1.90. The molecule has 1 amide bonds. The van der Waals surface area contributed by atoms with Gasteiger partial charge in [-0.25, -0.2) is 5.10 Å². The van der Waals surface area contributed by atoms with Crippen LogP contribution in [0.1, 0.15) is 10.6 Å². The van der Waals surface area contributed by atoms with E-state index in [0.29, 0.717) is 5.58 Å². The Bertz CT molecular complexity index is 624. The third-order valence-electron chi connectivity index (χ3n) is 2.30. The highest BCUT2D eigenvalue weighted by Crippen LogP contribution is 2.19. The van der Waals surface area contributed by atoms with Crippen molar-refractivity contribution in [2.45, 2.75) is 0 Å². The van der Waals surface area contributed by atoms with Crippen molar-refractivity contribution in [1.29, 1.82) is 0 Å². The summed E-state index contributed by atoms with van der Waals surface area (Å²) < 4.78 is 5.40. The number of para-hydroxylation sites is 1. The first-order chi connectivity index (χ1) is 8.33. The Morgan fingerprint density at radius 2 is 2.24 bits per heavy atom. The summed E-state index contributed by atoms with van der Waals surface area (Å²) in [4.78, 5) is 15.6. The van der Waals surface area contributed by atoms with Gasteiger partial charge in [0, 0.05) is 5.39 Å². The van der Waals surface area contributed by atoms with E-state index in [9.17, 15) is 4.79 Å². The van der Waals surface area contributed by atoms with Gasteiger partial charge in [-0.2, -0.15) is 10.1 Å². The summed E-state index contributed by atoms with van der Waals surface area (Å²) in [6.07, 6.45) is 1.31. The minimum absolute atomic E-state index is 0.239. The molecule has 6 heteroatoms. The van der Waals surface area contributed by atoms with Crippen molar-refractivity contribution >= 4 is 22.8 Å². The zero-order valence-electron chi connectivity index (χ0n) is 8.68. The topological polar surface area (TPSA) is 83.8 Å². The second-order valence-corrected chi connectivity index (χ2v) is 3.44. The third-order valence-corrected chi connectivity index (χ3v) is 2.30. The van der Waals surface area contributed by atoms with E-state index in [1.165, 1.54) is 6.33 Å². The van der Waals surface area contributed by atoms with Crippen LogP contribution in [0, 0.1) is 0 Å². The maximum absolute atomic E-state index is 11.8. The molecule has 0 unspecified atom stereocenters. The van der Waals surface area contributed by atoms with E-state index in [2.05, 4.69) is 20.5 Å². The van der Waals surface area contributed by atoms with E-state index in [1.54, 1.807) is 12.1 Å². The lowest BCUT2D eigenvalue weighted by Crippen LogP contribution is -2.11. The Hall–Kier alpha value is -2.63. The molecule has 0 saturated heterocycles. The summed E-state index contributed by atoms with van der Waals surface area (Å²) in [5.74, 6) is 0.163. The number of furan rings is 1. The van der Waals surface area contributed by atoms with Crippen LogP contribution < -0.4 is 5.32 Å². The van der Waals surface area contributed by atoms with Gasteiger partial charge in [-0.15, -0.1) is 0 Å². The van der Waals surface area contributed by atoms with Crippen molar-refractivity contribution in [3.8, 4) is 0 Å². The number of nitrogens with one attached hydrogen (secondary N) is 2. The lowest BCUT2D eigenvalue weighted by Gasteiger charge is -1.96. The number of rotatable bonds is 2. The lowest BCUT2D eigenvalue weighted by molar-refractivity contribution is 0.0998. The Kier molecular flexibility index (Phi) is 2.11. The van der Waals surface area contributed by atoms with Crippen LogP contribution in [0.15, 0.2) is 41.1 Å². The third kappa shape index (κ3) is 1.76. The number of carbonyl (C=O) groups excluding carboxylic acids is 1. The fraction of sp³-hybridized carbons (Fsp3) is 0. The van der Waals surface area contributed by atoms with E-state index in [1.807, 2.05) is 18.2 Å². The van der Waals surface area contributed by atoms with E-state index in [-0.39, 0.29) is 17.6 Å². The van der Waals surface area contributed by atoms with Crippen molar-refractivity contribution in [1.82, 2.24) is 15.2 Å². The minimum Gasteiger partial charge on any atom is -0.451 e. The summed E-state index contributed by atoms with van der Waals surface area (Å²) in [6, 6.07) is 9.10. The molecule has 2 N–H and O–H groups in total. The molecule has 0 fully saturated rings. The van der Waals surface area contributed by atoms with Crippen molar-refractivity contribution < 1.29 is 9.21 Å². The number of amides is 1. The van der Waals surface area contributed by atoms with Gasteiger partial charge in [-0.05, 0) is 12.1 Å². The predicted molar refractivity (Wildman–Crippen MR) is 60.5 cm³/mol. The largest absolute Gasteiger partial charge is 0.451 e. The Labute approximate surface area is 95.7 Å². The van der Waals surface area contributed by atoms with Crippen molar-refractivity contribution in [2.75, 3.05) is 5.32 Å². The Morgan fingerprint density at radius 3 is 3.00 bits per heavy atom. The number of nitrogens with zero attached hydrogens (tertiary/aromatic N) is 2. The fourth-order valence-corrected chi connectivity index (χ4v) is 1.53. The number of anilines is 1. The summed E-state index contributed by atoms with van der Waals surface area (Å²) >= 11 is 0. The SMILES string of the molecule is O=C(Nc1ncn[nH]1)c1cc2ccccc2o1. The quantitative estimate of drug-likeness (QED) is 0.700. The molecule has 1 aromatic carbocycles. The van der Waals surface area contributed by atoms with Crippen molar-refractivity contribution in [3.05, 3.63) is 42.4 Å². The highest BCUT2D eigenvalue weighted by Gasteiger charge is 2.12. The molecule has 2 heterocycles. The van der Waals surface area contributed by atoms with Crippen molar-refractivity contribution in [3.63, 3.8) is 0 Å². The van der Waals surface area contributed by atoms with Gasteiger partial charge in [0.05, 0.1) is 0 Å². The van der Waals surface area contributed by atoms with Gasteiger partial charge in [0.2, 0.25) is 5.95 Å². The average Bonchev–Trinajstić information content (AvgIpc) is 2.96. The van der Waals surface area contributed by atoms with E-state index >= 15 is 0 Å². The zero-order chi connectivity index (χ0) is 11.7. The molecule has 0 radical (unpaired) electrons. The molecule has 0 aliphatic carbocycles. The van der Waals surface area contributed by atoms with Crippen LogP contribution in [-0.4, -0.2) is 21.1 Å². The van der Waals surface area contributed by atoms with E-state index in [0.717, 1.165) is 5.39 Å². The normalized spacial score (nSPS) is 10.6. The molecule has 0 bridgehead atoms. The zero-order valence-corrected chi connectivity index (χ0v) is 8.68. The monoisotopic (exact) mass is 228 g/mol. The van der Waals surface area contributed by atoms with Crippen LogP contribution in [0.4, 0.5) is 5.95 Å². The van der Waals surface area contributed by atoms with Gasteiger partial charge in [0.25, 0.3) is 5.91 Å². The molecular weight excluding hydrogens is 220 g/mol. The number of H-pyrrole nitrogens is 1. The fourth-order valence-electron chi connectivity index (χ4n) is 1.53. The van der Waals surface area contributed by atoms with Crippen LogP contribution in [0.25, 0.3) is 11.0 Å². The molecule has 6 nitrogen and oxygen atoms in total. The number of hydrogen-bond donors (Lipinski definition) is 2. The van der Waals surface area contributed by atoms with Gasteiger partial charge >= 0.3 is 0 Å². The minimum atomic E-state index is -0.363. The second kappa shape index (κ2) is 3.75. The molecule has 0 spiro atoms. The molecule has 3 rings (SSSR count). The molecule has 0 aliphatic rings. The molecule has 0 saturated carbocycles. The van der Waals surface area contributed by atoms with Crippen LogP contribution in [-0.2, 0) is 0 Å². The first-order valence-electron chi connectivity index (χ1n) is 4.98. The highest BCUT2D eigenvalue weighted by atomic mass is 16.3. The summed E-state index contributed by atoms with van der Waals surface area (Å²) in [5.41, 5.74) is 0.676. The second-order valence-electron chi connectivity index (χ2n) is 3.44. The van der Waals surface area contributed by atoms with E-state index < -0.39 is 0 Å². The number of aromatic amines is 1. The Morgan fingerprint density at radius 1 is 1.35 bits per heavy atom. The molecule has 17 heavy (non-hydrogen) atoms. The number of benzene rings is 1. The van der Waals surface area contributed by atoms with Gasteiger partial charge in [0.1, 0.15) is 11.9 Å². The smallest absolute Gasteiger partial charge is 0.293 e. The highest BCUT2D eigenvalue weighted by molar-refractivity contribution is 6.03. The van der Waals surface area contributed by atoms with E-state index in [4.69, 9.17) is 4.42 Å². The molecule has 3 aromatic rings. The van der Waals surface area contributed by atoms with Gasteiger partial charge in [-0.1, -0.05) is 18.2 Å². The number of carbonyl (C=O) groups is 1. The maximum Gasteiger partial charge on any atom is 0.293 e. The lowest BCUT2D eigenvalue weighted by atomic mass is 10.2. The number of fused-ring (bicyclic) bond motifs is 1. The van der Waals surface area contributed by atoms with Crippen LogP contribution in [0.5, 0.6) is 0 Å². The number of aromatic nitrogens is 3. The van der Waals surface area contributed by atoms with Crippen LogP contribution >= 0.6 is 0 Å². The van der Waals surface area contributed by atoms with Gasteiger partial charge in [-0.3, -0.25) is 10.1 Å². The van der Waals surface area contributed by atoms with Crippen LogP contribution in [0.3, 0.4) is 0 Å². The maximum atomic E-state index is 11.8. The molecule has 2 aromatic heterocycles. The van der Waals surface area contributed by atoms with Gasteiger partial charge < -0.3 is 4.42 Å². The summed E-state index contributed by atoms with van der Waals surface area (Å²) in [6.45, 7) is 0. The predicted octanol–water partition coefficient (Wildman–Crippen LogP) is 1.80. The summed E-state index contributed by atoms with van der Waals surface area (Å²) in [7, 11) is 0. The molecule has 0 atom stereocenters. The average molecular weight is 228 g/mol. The molecular formula is C11H8N4O2. The molecule has 0 aliphatic heterocycles. The van der Waals surface area contributed by atoms with Crippen molar-refractivity contribution in [2.24, 2.45) is 0 Å². The summed E-state index contributed by atoms with van der Waals surface area (Å²) in [5, 5.41) is 9.59. The first-order valence-corrected chi connectivity index (χ1v) is 4.98. The molecule has 84 valence electrons. The number of hydrogen-bond acceptors (Lipinski definition) is 4. The first kappa shape index (κ1) is 9.59. The standard InChI is InChI=1S/C11H8N4O2/c16-10(14-11-12-6-13-15-11)9-5-7-3-1-2-4-8(7)17-9/h1-6H,(H2,12,13,14,15,16). The van der Waals surface area contributed by atoms with Crippen LogP contribution in [0.2, 0.25) is 0 Å².